The molecule has 2 N–H and O–H groups in total. The highest BCUT2D eigenvalue weighted by atomic mass is 16.2. The number of aryl methyl sites for hydroxylation is 2. The van der Waals surface area contributed by atoms with Crippen LogP contribution in [0.5, 0.6) is 0 Å². The molecule has 0 bridgehead atoms. The summed E-state index contributed by atoms with van der Waals surface area (Å²) in [7, 11) is 0. The van der Waals surface area contributed by atoms with Gasteiger partial charge in [-0.1, -0.05) is 12.1 Å². The minimum atomic E-state index is -0.488. The third kappa shape index (κ3) is 5.38. The van der Waals surface area contributed by atoms with E-state index in [-0.39, 0.29) is 11.1 Å². The molecule has 3 aromatic rings. The Hall–Kier alpha value is -4.27. The van der Waals surface area contributed by atoms with Crippen LogP contribution in [0.15, 0.2) is 65.1 Å². The van der Waals surface area contributed by atoms with Crippen LogP contribution in [-0.4, -0.2) is 39.2 Å². The van der Waals surface area contributed by atoms with Crippen LogP contribution in [0.4, 0.5) is 0 Å². The lowest BCUT2D eigenvalue weighted by Crippen LogP contribution is -2.23. The molecule has 0 aromatic carbocycles. The molecule has 0 saturated carbocycles. The number of carbonyl (C=O) groups is 2. The lowest BCUT2D eigenvalue weighted by atomic mass is 10.1. The summed E-state index contributed by atoms with van der Waals surface area (Å²) in [4.78, 5) is 37.4. The number of hydrogen-bond acceptors (Lipinski definition) is 7. The van der Waals surface area contributed by atoms with Gasteiger partial charge < -0.3 is 0 Å². The molecule has 0 aliphatic rings. The summed E-state index contributed by atoms with van der Waals surface area (Å²) in [5.74, 6) is -0.976. The van der Waals surface area contributed by atoms with Gasteiger partial charge in [0, 0.05) is 12.4 Å². The Bertz CT molecular complexity index is 1010. The van der Waals surface area contributed by atoms with Crippen molar-refractivity contribution in [3.63, 3.8) is 0 Å². The van der Waals surface area contributed by atoms with Crippen LogP contribution in [-0.2, 0) is 0 Å². The van der Waals surface area contributed by atoms with Crippen LogP contribution >= 0.6 is 0 Å². The van der Waals surface area contributed by atoms with Gasteiger partial charge in [0.05, 0.1) is 46.3 Å². The lowest BCUT2D eigenvalue weighted by molar-refractivity contribution is 0.0954. The molecular weight excluding hydrogens is 382 g/mol. The molecule has 0 radical (unpaired) electrons. The number of aromatic nitrogens is 3. The standard InChI is InChI=1S/C21H19N7O2/c1-14-18(20(29)27-24-12-16-7-3-5-9-22-16)11-19(15(2)26-14)21(30)28-25-13-17-8-4-6-10-23-17/h3-13H,1-2H3,(H,27,29)(H,28,30). The van der Waals surface area contributed by atoms with Gasteiger partial charge in [-0.25, -0.2) is 10.9 Å². The number of hydrazone groups is 2. The van der Waals surface area contributed by atoms with Crippen LogP contribution in [0, 0.1) is 13.8 Å². The molecule has 9 heteroatoms. The number of nitrogens with one attached hydrogen (secondary N) is 2. The normalized spacial score (nSPS) is 11.0. The zero-order valence-electron chi connectivity index (χ0n) is 16.4. The first-order chi connectivity index (χ1) is 14.5. The first-order valence-electron chi connectivity index (χ1n) is 9.01. The number of nitrogens with zero attached hydrogens (tertiary/aromatic N) is 5. The van der Waals surface area contributed by atoms with E-state index in [9.17, 15) is 9.59 Å². The van der Waals surface area contributed by atoms with E-state index in [2.05, 4.69) is 36.0 Å². The second kappa shape index (κ2) is 9.78. The summed E-state index contributed by atoms with van der Waals surface area (Å²) < 4.78 is 0. The Kier molecular flexibility index (Phi) is 6.67. The van der Waals surface area contributed by atoms with Crippen molar-refractivity contribution in [1.29, 1.82) is 0 Å². The van der Waals surface area contributed by atoms with Crippen molar-refractivity contribution in [1.82, 2.24) is 25.8 Å². The van der Waals surface area contributed by atoms with E-state index >= 15 is 0 Å². The van der Waals surface area contributed by atoms with Gasteiger partial charge in [-0.05, 0) is 44.2 Å². The molecule has 0 atom stereocenters. The maximum absolute atomic E-state index is 12.5. The van der Waals surface area contributed by atoms with Gasteiger partial charge in [-0.3, -0.25) is 24.5 Å². The molecule has 0 unspecified atom stereocenters. The van der Waals surface area contributed by atoms with E-state index in [1.807, 2.05) is 12.1 Å². The number of pyridine rings is 3. The SMILES string of the molecule is Cc1nc(C)c(C(=O)NN=Cc2ccccn2)cc1C(=O)NN=Cc1ccccn1. The quantitative estimate of drug-likeness (QED) is 0.483. The van der Waals surface area contributed by atoms with Gasteiger partial charge in [-0.2, -0.15) is 10.2 Å². The number of carbonyl (C=O) groups excluding carboxylic acids is 2. The zero-order valence-corrected chi connectivity index (χ0v) is 16.4. The molecular formula is C21H19N7O2. The van der Waals surface area contributed by atoms with Crippen LogP contribution in [0.25, 0.3) is 0 Å². The van der Waals surface area contributed by atoms with Gasteiger partial charge in [-0.15, -0.1) is 0 Å². The first-order valence-corrected chi connectivity index (χ1v) is 9.01. The molecule has 9 nitrogen and oxygen atoms in total. The van der Waals surface area contributed by atoms with E-state index in [0.717, 1.165) is 0 Å². The van der Waals surface area contributed by atoms with Gasteiger partial charge in [0.25, 0.3) is 11.8 Å². The van der Waals surface area contributed by atoms with Crippen molar-refractivity contribution in [3.8, 4) is 0 Å². The summed E-state index contributed by atoms with van der Waals surface area (Å²) in [5.41, 5.74) is 7.46. The Balaban J connectivity index is 1.71. The van der Waals surface area contributed by atoms with Crippen LogP contribution in [0.1, 0.15) is 43.5 Å². The third-order valence-corrected chi connectivity index (χ3v) is 3.99. The van der Waals surface area contributed by atoms with E-state index < -0.39 is 11.8 Å². The molecule has 30 heavy (non-hydrogen) atoms. The second-order valence-electron chi connectivity index (χ2n) is 6.16. The van der Waals surface area contributed by atoms with Crippen molar-refractivity contribution in [2.24, 2.45) is 10.2 Å². The van der Waals surface area contributed by atoms with E-state index in [0.29, 0.717) is 22.8 Å². The first kappa shape index (κ1) is 20.5. The highest BCUT2D eigenvalue weighted by Crippen LogP contribution is 2.13. The molecule has 0 spiro atoms. The minimum Gasteiger partial charge on any atom is -0.267 e. The fraction of sp³-hybridized carbons (Fsp3) is 0.0952. The fourth-order valence-electron chi connectivity index (χ4n) is 2.52. The molecule has 0 saturated heterocycles. The largest absolute Gasteiger partial charge is 0.273 e. The number of amides is 2. The Morgan fingerprint density at radius 3 is 1.67 bits per heavy atom. The minimum absolute atomic E-state index is 0.234. The fourth-order valence-corrected chi connectivity index (χ4v) is 2.52. The highest BCUT2D eigenvalue weighted by molar-refractivity contribution is 6.01. The summed E-state index contributed by atoms with van der Waals surface area (Å²) >= 11 is 0. The Morgan fingerprint density at radius 2 is 1.27 bits per heavy atom. The number of rotatable bonds is 6. The average Bonchev–Trinajstić information content (AvgIpc) is 2.75. The van der Waals surface area contributed by atoms with Gasteiger partial charge in [0.2, 0.25) is 0 Å². The smallest absolute Gasteiger partial charge is 0.267 e. The molecule has 0 aliphatic heterocycles. The van der Waals surface area contributed by atoms with Crippen LogP contribution in [0.2, 0.25) is 0 Å². The second-order valence-corrected chi connectivity index (χ2v) is 6.16. The maximum Gasteiger partial charge on any atom is 0.273 e. The van der Waals surface area contributed by atoms with E-state index in [1.165, 1.54) is 18.5 Å². The van der Waals surface area contributed by atoms with Crippen LogP contribution < -0.4 is 10.9 Å². The van der Waals surface area contributed by atoms with E-state index in [1.54, 1.807) is 50.5 Å². The van der Waals surface area contributed by atoms with Gasteiger partial charge in [0.1, 0.15) is 0 Å². The molecule has 2 amide bonds. The Morgan fingerprint density at radius 1 is 0.800 bits per heavy atom. The lowest BCUT2D eigenvalue weighted by Gasteiger charge is -2.09. The summed E-state index contributed by atoms with van der Waals surface area (Å²) in [5, 5.41) is 7.79. The average molecular weight is 401 g/mol. The molecule has 150 valence electrons. The molecule has 0 aliphatic carbocycles. The maximum atomic E-state index is 12.5. The molecule has 3 heterocycles. The van der Waals surface area contributed by atoms with Crippen molar-refractivity contribution >= 4 is 24.2 Å². The van der Waals surface area contributed by atoms with Crippen molar-refractivity contribution in [3.05, 3.63) is 88.8 Å². The highest BCUT2D eigenvalue weighted by Gasteiger charge is 2.17. The van der Waals surface area contributed by atoms with Gasteiger partial charge >= 0.3 is 0 Å². The molecule has 3 aromatic heterocycles. The van der Waals surface area contributed by atoms with Crippen molar-refractivity contribution in [2.45, 2.75) is 13.8 Å². The number of hydrogen-bond donors (Lipinski definition) is 2. The monoisotopic (exact) mass is 401 g/mol. The predicted molar refractivity (Wildman–Crippen MR) is 112 cm³/mol. The summed E-state index contributed by atoms with van der Waals surface area (Å²) in [6, 6.07) is 12.2. The van der Waals surface area contributed by atoms with Crippen molar-refractivity contribution in [2.75, 3.05) is 0 Å². The Labute approximate surface area is 173 Å². The molecule has 0 fully saturated rings. The third-order valence-electron chi connectivity index (χ3n) is 3.99. The predicted octanol–water partition coefficient (Wildman–Crippen LogP) is 2.02. The zero-order chi connectivity index (χ0) is 21.3. The summed E-state index contributed by atoms with van der Waals surface area (Å²) in [6.45, 7) is 3.37. The van der Waals surface area contributed by atoms with E-state index in [4.69, 9.17) is 0 Å². The topological polar surface area (TPSA) is 122 Å². The molecule has 3 rings (SSSR count). The van der Waals surface area contributed by atoms with Crippen LogP contribution in [0.3, 0.4) is 0 Å². The van der Waals surface area contributed by atoms with Gasteiger partial charge in [0.15, 0.2) is 0 Å². The van der Waals surface area contributed by atoms with Crippen molar-refractivity contribution < 1.29 is 9.59 Å². The summed E-state index contributed by atoms with van der Waals surface area (Å²) in [6.07, 6.45) is 6.10.